The number of carbonyl (C=O) groups excluding carboxylic acids is 1. The van der Waals surface area contributed by atoms with Gasteiger partial charge in [-0.25, -0.2) is 8.42 Å². The molecule has 120 valence electrons. The van der Waals surface area contributed by atoms with Crippen LogP contribution in [0.5, 0.6) is 0 Å². The normalized spacial score (nSPS) is 23.3. The van der Waals surface area contributed by atoms with Crippen LogP contribution in [-0.2, 0) is 21.1 Å². The van der Waals surface area contributed by atoms with E-state index in [1.807, 2.05) is 18.2 Å². The Balaban J connectivity index is 1.66. The van der Waals surface area contributed by atoms with Crippen molar-refractivity contribution in [3.63, 3.8) is 0 Å². The number of anilines is 2. The largest absolute Gasteiger partial charge is 0.398 e. The fraction of sp³-hybridized carbons (Fsp3) is 0.533. The molecule has 0 saturated carbocycles. The molecule has 0 spiro atoms. The predicted octanol–water partition coefficient (Wildman–Crippen LogP) is 1.47. The molecule has 1 unspecified atom stereocenters. The number of fused-ring (bicyclic) bond motifs is 1. The van der Waals surface area contributed by atoms with E-state index in [2.05, 4.69) is 0 Å². The van der Waals surface area contributed by atoms with Crippen LogP contribution in [0.1, 0.15) is 18.4 Å². The number of hydrogen-bond donors (Lipinski definition) is 1. The monoisotopic (exact) mass is 340 g/mol. The van der Waals surface area contributed by atoms with Crippen LogP contribution >= 0.6 is 11.8 Å². The molecule has 1 fully saturated rings. The Labute approximate surface area is 135 Å². The molecule has 2 N–H and O–H groups in total. The fourth-order valence-corrected chi connectivity index (χ4v) is 6.59. The van der Waals surface area contributed by atoms with Crippen LogP contribution in [0.4, 0.5) is 11.4 Å². The van der Waals surface area contributed by atoms with Gasteiger partial charge in [-0.15, -0.1) is 11.8 Å². The number of rotatable bonds is 3. The summed E-state index contributed by atoms with van der Waals surface area (Å²) in [7, 11) is -2.88. The molecule has 1 aromatic rings. The molecule has 0 aliphatic carbocycles. The van der Waals surface area contributed by atoms with E-state index in [-0.39, 0.29) is 22.7 Å². The van der Waals surface area contributed by atoms with Crippen LogP contribution < -0.4 is 10.6 Å². The summed E-state index contributed by atoms with van der Waals surface area (Å²) in [6.07, 6.45) is 2.47. The van der Waals surface area contributed by atoms with E-state index in [9.17, 15) is 13.2 Å². The Hall–Kier alpha value is -1.21. The highest BCUT2D eigenvalue weighted by atomic mass is 32.2. The average molecular weight is 340 g/mol. The van der Waals surface area contributed by atoms with Gasteiger partial charge in [-0.3, -0.25) is 4.79 Å². The van der Waals surface area contributed by atoms with E-state index in [1.54, 1.807) is 4.90 Å². The lowest BCUT2D eigenvalue weighted by Gasteiger charge is -2.30. The Bertz CT molecular complexity index is 688. The third-order valence-electron chi connectivity index (χ3n) is 4.22. The van der Waals surface area contributed by atoms with E-state index in [0.717, 1.165) is 29.8 Å². The molecule has 2 heterocycles. The van der Waals surface area contributed by atoms with Crippen molar-refractivity contribution in [1.82, 2.24) is 0 Å². The van der Waals surface area contributed by atoms with E-state index in [4.69, 9.17) is 5.73 Å². The zero-order valence-corrected chi connectivity index (χ0v) is 14.0. The van der Waals surface area contributed by atoms with Crippen LogP contribution in [0, 0.1) is 0 Å². The van der Waals surface area contributed by atoms with Crippen molar-refractivity contribution >= 4 is 38.9 Å². The minimum absolute atomic E-state index is 0.0425. The number of thioether (sulfide) groups is 1. The summed E-state index contributed by atoms with van der Waals surface area (Å²) in [6, 6.07) is 5.68. The molecule has 1 aromatic carbocycles. The minimum atomic E-state index is -2.88. The van der Waals surface area contributed by atoms with Gasteiger partial charge < -0.3 is 10.6 Å². The summed E-state index contributed by atoms with van der Waals surface area (Å²) < 4.78 is 22.9. The van der Waals surface area contributed by atoms with Crippen molar-refractivity contribution in [2.24, 2.45) is 0 Å². The molecule has 0 radical (unpaired) electrons. The number of carbonyl (C=O) groups is 1. The summed E-state index contributed by atoms with van der Waals surface area (Å²) in [5.74, 6) is 0.825. The van der Waals surface area contributed by atoms with Gasteiger partial charge in [0.05, 0.1) is 17.3 Å². The Morgan fingerprint density at radius 2 is 2.23 bits per heavy atom. The molecule has 3 rings (SSSR count). The fourth-order valence-electron chi connectivity index (χ4n) is 3.07. The molecule has 22 heavy (non-hydrogen) atoms. The zero-order valence-electron chi connectivity index (χ0n) is 12.3. The molecule has 0 aromatic heterocycles. The minimum Gasteiger partial charge on any atom is -0.398 e. The van der Waals surface area contributed by atoms with Crippen molar-refractivity contribution < 1.29 is 13.2 Å². The summed E-state index contributed by atoms with van der Waals surface area (Å²) in [6.45, 7) is 0.707. The first-order valence-corrected chi connectivity index (χ1v) is 10.3. The van der Waals surface area contributed by atoms with Crippen molar-refractivity contribution in [2.75, 3.05) is 34.4 Å². The Kier molecular flexibility index (Phi) is 4.36. The van der Waals surface area contributed by atoms with Crippen LogP contribution in [0.3, 0.4) is 0 Å². The van der Waals surface area contributed by atoms with Gasteiger partial charge in [-0.1, -0.05) is 6.07 Å². The second kappa shape index (κ2) is 6.12. The van der Waals surface area contributed by atoms with Crippen molar-refractivity contribution in [3.8, 4) is 0 Å². The smallest absolute Gasteiger partial charge is 0.236 e. The maximum atomic E-state index is 12.5. The van der Waals surface area contributed by atoms with Gasteiger partial charge in [0.15, 0.2) is 9.84 Å². The van der Waals surface area contributed by atoms with Crippen molar-refractivity contribution in [2.45, 2.75) is 24.5 Å². The number of amides is 1. The zero-order chi connectivity index (χ0) is 15.7. The maximum absolute atomic E-state index is 12.5. The topological polar surface area (TPSA) is 80.5 Å². The van der Waals surface area contributed by atoms with Gasteiger partial charge in [-0.2, -0.15) is 0 Å². The van der Waals surface area contributed by atoms with Gasteiger partial charge in [0.25, 0.3) is 0 Å². The Morgan fingerprint density at radius 1 is 1.41 bits per heavy atom. The molecule has 1 saturated heterocycles. The summed E-state index contributed by atoms with van der Waals surface area (Å²) >= 11 is 1.47. The molecule has 2 aliphatic heterocycles. The highest BCUT2D eigenvalue weighted by Crippen LogP contribution is 2.32. The quantitative estimate of drug-likeness (QED) is 0.843. The van der Waals surface area contributed by atoms with Crippen LogP contribution in [0.15, 0.2) is 18.2 Å². The predicted molar refractivity (Wildman–Crippen MR) is 91.0 cm³/mol. The van der Waals surface area contributed by atoms with Gasteiger partial charge in [-0.05, 0) is 37.0 Å². The van der Waals surface area contributed by atoms with Gasteiger partial charge in [0.1, 0.15) is 0 Å². The molecule has 1 amide bonds. The lowest BCUT2D eigenvalue weighted by Crippen LogP contribution is -2.37. The standard InChI is InChI=1S/C15H20N2O3S2/c16-13-4-1-5-14-12(13)3-2-7-17(14)15(18)9-21-11-6-8-22(19,20)10-11/h1,4-5,11H,2-3,6-10,16H2. The summed E-state index contributed by atoms with van der Waals surface area (Å²) in [5, 5.41) is 0.0547. The van der Waals surface area contributed by atoms with Gasteiger partial charge in [0, 0.05) is 23.2 Å². The Morgan fingerprint density at radius 3 is 2.95 bits per heavy atom. The lowest BCUT2D eigenvalue weighted by atomic mass is 10.00. The number of nitrogens with zero attached hydrogens (tertiary/aromatic N) is 1. The van der Waals surface area contributed by atoms with Crippen molar-refractivity contribution in [1.29, 1.82) is 0 Å². The molecule has 2 aliphatic rings. The third-order valence-corrected chi connectivity index (χ3v) is 7.49. The van der Waals surface area contributed by atoms with E-state index < -0.39 is 9.84 Å². The van der Waals surface area contributed by atoms with Gasteiger partial charge in [0.2, 0.25) is 5.91 Å². The lowest BCUT2D eigenvalue weighted by molar-refractivity contribution is -0.116. The molecule has 7 heteroatoms. The van der Waals surface area contributed by atoms with Crippen molar-refractivity contribution in [3.05, 3.63) is 23.8 Å². The van der Waals surface area contributed by atoms with E-state index >= 15 is 0 Å². The van der Waals surface area contributed by atoms with E-state index in [1.165, 1.54) is 11.8 Å². The van der Waals surface area contributed by atoms with Crippen LogP contribution in [-0.4, -0.2) is 43.4 Å². The molecular formula is C15H20N2O3S2. The highest BCUT2D eigenvalue weighted by molar-refractivity contribution is 8.02. The highest BCUT2D eigenvalue weighted by Gasteiger charge is 2.30. The van der Waals surface area contributed by atoms with Gasteiger partial charge >= 0.3 is 0 Å². The SMILES string of the molecule is Nc1cccc2c1CCCN2C(=O)CSC1CCS(=O)(=O)C1. The number of sulfone groups is 1. The van der Waals surface area contributed by atoms with Crippen LogP contribution in [0.25, 0.3) is 0 Å². The first-order valence-electron chi connectivity index (χ1n) is 7.46. The molecule has 1 atom stereocenters. The number of nitrogens with two attached hydrogens (primary N) is 1. The molecular weight excluding hydrogens is 320 g/mol. The first-order chi connectivity index (χ1) is 10.5. The third kappa shape index (κ3) is 3.25. The number of benzene rings is 1. The number of hydrogen-bond acceptors (Lipinski definition) is 5. The van der Waals surface area contributed by atoms with Crippen LogP contribution in [0.2, 0.25) is 0 Å². The average Bonchev–Trinajstić information content (AvgIpc) is 2.84. The number of nitrogen functional groups attached to an aromatic ring is 1. The second-order valence-electron chi connectivity index (χ2n) is 5.83. The summed E-state index contributed by atoms with van der Waals surface area (Å²) in [4.78, 5) is 14.3. The molecule has 0 bridgehead atoms. The molecule has 5 nitrogen and oxygen atoms in total. The maximum Gasteiger partial charge on any atom is 0.236 e. The second-order valence-corrected chi connectivity index (χ2v) is 9.35. The summed E-state index contributed by atoms with van der Waals surface area (Å²) in [5.41, 5.74) is 8.70. The first kappa shape index (κ1) is 15.7. The van der Waals surface area contributed by atoms with E-state index in [0.29, 0.717) is 18.7 Å².